The Bertz CT molecular complexity index is 767. The first kappa shape index (κ1) is 16.5. The molecule has 0 bridgehead atoms. The molecule has 7 heteroatoms. The smallest absolute Gasteiger partial charge is 0.272 e. The van der Waals surface area contributed by atoms with Gasteiger partial charge in [0, 0.05) is 23.2 Å². The Morgan fingerprint density at radius 3 is 2.67 bits per heavy atom. The molecule has 1 aliphatic rings. The average Bonchev–Trinajstić information content (AvgIpc) is 2.95. The van der Waals surface area contributed by atoms with Gasteiger partial charge < -0.3 is 10.2 Å². The van der Waals surface area contributed by atoms with E-state index in [0.717, 1.165) is 11.3 Å². The highest BCUT2D eigenvalue weighted by atomic mass is 35.5. The number of amides is 2. The highest BCUT2D eigenvalue weighted by molar-refractivity contribution is 6.30. The van der Waals surface area contributed by atoms with E-state index in [1.165, 1.54) is 0 Å². The van der Waals surface area contributed by atoms with Crippen LogP contribution in [0.2, 0.25) is 5.02 Å². The van der Waals surface area contributed by atoms with E-state index in [9.17, 15) is 9.59 Å². The zero-order valence-corrected chi connectivity index (χ0v) is 14.4. The molecule has 0 saturated heterocycles. The minimum atomic E-state index is -0.173. The summed E-state index contributed by atoms with van der Waals surface area (Å²) in [6, 6.07) is 9.14. The average molecular weight is 347 g/mol. The molecule has 2 heterocycles. The summed E-state index contributed by atoms with van der Waals surface area (Å²) in [6.45, 7) is 4.90. The molecule has 0 fully saturated rings. The SMILES string of the molecule is CC(C)NC(=O)CN1CCn2nc(-c3ccc(Cl)cc3)cc2C1=O. The van der Waals surface area contributed by atoms with Gasteiger partial charge in [-0.3, -0.25) is 14.3 Å². The predicted molar refractivity (Wildman–Crippen MR) is 91.9 cm³/mol. The summed E-state index contributed by atoms with van der Waals surface area (Å²) in [5.41, 5.74) is 2.13. The Hall–Kier alpha value is -2.34. The lowest BCUT2D eigenvalue weighted by molar-refractivity contribution is -0.122. The topological polar surface area (TPSA) is 67.2 Å². The number of carbonyl (C=O) groups excluding carboxylic acids is 2. The fraction of sp³-hybridized carbons (Fsp3) is 0.353. The van der Waals surface area contributed by atoms with Crippen LogP contribution in [0.5, 0.6) is 0 Å². The second kappa shape index (κ2) is 6.65. The van der Waals surface area contributed by atoms with Crippen molar-refractivity contribution in [1.29, 1.82) is 0 Å². The van der Waals surface area contributed by atoms with Crippen LogP contribution in [-0.2, 0) is 11.3 Å². The molecule has 0 unspecified atom stereocenters. The highest BCUT2D eigenvalue weighted by Crippen LogP contribution is 2.23. The number of hydrogen-bond donors (Lipinski definition) is 1. The number of halogens is 1. The molecule has 3 rings (SSSR count). The van der Waals surface area contributed by atoms with Crippen molar-refractivity contribution >= 4 is 23.4 Å². The van der Waals surface area contributed by atoms with E-state index >= 15 is 0 Å². The van der Waals surface area contributed by atoms with E-state index in [1.807, 2.05) is 26.0 Å². The molecule has 126 valence electrons. The van der Waals surface area contributed by atoms with Gasteiger partial charge in [0.05, 0.1) is 18.8 Å². The van der Waals surface area contributed by atoms with Gasteiger partial charge in [0.1, 0.15) is 5.69 Å². The molecule has 2 amide bonds. The summed E-state index contributed by atoms with van der Waals surface area (Å²) in [5.74, 6) is -0.322. The van der Waals surface area contributed by atoms with Gasteiger partial charge in [0.15, 0.2) is 0 Å². The van der Waals surface area contributed by atoms with Crippen molar-refractivity contribution in [2.24, 2.45) is 0 Å². The first-order valence-electron chi connectivity index (χ1n) is 7.86. The summed E-state index contributed by atoms with van der Waals surface area (Å²) in [5, 5.41) is 7.95. The maximum absolute atomic E-state index is 12.6. The number of nitrogens with one attached hydrogen (secondary N) is 1. The number of benzene rings is 1. The first-order valence-corrected chi connectivity index (χ1v) is 8.24. The van der Waals surface area contributed by atoms with E-state index in [4.69, 9.17) is 11.6 Å². The molecule has 0 atom stereocenters. The third-order valence-corrected chi connectivity index (χ3v) is 4.04. The normalized spacial score (nSPS) is 14.0. The molecule has 24 heavy (non-hydrogen) atoms. The van der Waals surface area contributed by atoms with E-state index < -0.39 is 0 Å². The van der Waals surface area contributed by atoms with E-state index in [-0.39, 0.29) is 24.4 Å². The molecule has 6 nitrogen and oxygen atoms in total. The van der Waals surface area contributed by atoms with Crippen molar-refractivity contribution in [2.75, 3.05) is 13.1 Å². The van der Waals surface area contributed by atoms with Gasteiger partial charge in [0.25, 0.3) is 5.91 Å². The van der Waals surface area contributed by atoms with Crippen LogP contribution >= 0.6 is 11.6 Å². The maximum Gasteiger partial charge on any atom is 0.272 e. The Morgan fingerprint density at radius 1 is 1.29 bits per heavy atom. The molecule has 1 aromatic carbocycles. The molecule has 1 aliphatic heterocycles. The molecule has 1 N–H and O–H groups in total. The number of rotatable bonds is 4. The molecular weight excluding hydrogens is 328 g/mol. The Kier molecular flexibility index (Phi) is 4.57. The second-order valence-corrected chi connectivity index (χ2v) is 6.53. The second-order valence-electron chi connectivity index (χ2n) is 6.09. The summed E-state index contributed by atoms with van der Waals surface area (Å²) < 4.78 is 1.70. The maximum atomic E-state index is 12.6. The van der Waals surface area contributed by atoms with Crippen LogP contribution in [0.15, 0.2) is 30.3 Å². The van der Waals surface area contributed by atoms with Crippen molar-refractivity contribution in [3.63, 3.8) is 0 Å². The lowest BCUT2D eigenvalue weighted by Gasteiger charge is -2.27. The van der Waals surface area contributed by atoms with Gasteiger partial charge >= 0.3 is 0 Å². The van der Waals surface area contributed by atoms with Crippen molar-refractivity contribution in [1.82, 2.24) is 20.0 Å². The van der Waals surface area contributed by atoms with Crippen LogP contribution in [-0.4, -0.2) is 45.6 Å². The van der Waals surface area contributed by atoms with Gasteiger partial charge in [0.2, 0.25) is 5.91 Å². The van der Waals surface area contributed by atoms with Crippen LogP contribution < -0.4 is 5.32 Å². The van der Waals surface area contributed by atoms with Crippen LogP contribution in [0.3, 0.4) is 0 Å². The quantitative estimate of drug-likeness (QED) is 0.922. The number of fused-ring (bicyclic) bond motifs is 1. The number of carbonyl (C=O) groups is 2. The van der Waals surface area contributed by atoms with E-state index in [1.54, 1.807) is 27.8 Å². The number of nitrogens with zero attached hydrogens (tertiary/aromatic N) is 3. The number of aromatic nitrogens is 2. The standard InChI is InChI=1S/C17H19ClN4O2/c1-11(2)19-16(23)10-21-7-8-22-15(17(21)24)9-14(20-22)12-3-5-13(18)6-4-12/h3-6,9,11H,7-8,10H2,1-2H3,(H,19,23). The minimum Gasteiger partial charge on any atom is -0.352 e. The third-order valence-electron chi connectivity index (χ3n) is 3.79. The zero-order valence-electron chi connectivity index (χ0n) is 13.6. The monoisotopic (exact) mass is 346 g/mol. The molecule has 0 radical (unpaired) electrons. The Morgan fingerprint density at radius 2 is 2.00 bits per heavy atom. The van der Waals surface area contributed by atoms with Gasteiger partial charge in [-0.15, -0.1) is 0 Å². The Labute approximate surface area is 145 Å². The van der Waals surface area contributed by atoms with Gasteiger partial charge in [-0.2, -0.15) is 5.10 Å². The summed E-state index contributed by atoms with van der Waals surface area (Å²) in [6.07, 6.45) is 0. The lowest BCUT2D eigenvalue weighted by atomic mass is 10.1. The lowest BCUT2D eigenvalue weighted by Crippen LogP contribution is -2.46. The highest BCUT2D eigenvalue weighted by Gasteiger charge is 2.28. The largest absolute Gasteiger partial charge is 0.352 e. The van der Waals surface area contributed by atoms with Crippen LogP contribution in [0.1, 0.15) is 24.3 Å². The first-order chi connectivity index (χ1) is 11.4. The van der Waals surface area contributed by atoms with Crippen molar-refractivity contribution in [2.45, 2.75) is 26.4 Å². The van der Waals surface area contributed by atoms with E-state index in [2.05, 4.69) is 10.4 Å². The van der Waals surface area contributed by atoms with Gasteiger partial charge in [-0.1, -0.05) is 23.7 Å². The summed E-state index contributed by atoms with van der Waals surface area (Å²) in [4.78, 5) is 26.1. The van der Waals surface area contributed by atoms with Gasteiger partial charge in [-0.25, -0.2) is 0 Å². The van der Waals surface area contributed by atoms with Crippen molar-refractivity contribution in [3.05, 3.63) is 41.0 Å². The molecule has 0 saturated carbocycles. The van der Waals surface area contributed by atoms with Crippen LogP contribution in [0, 0.1) is 0 Å². The fourth-order valence-electron chi connectivity index (χ4n) is 2.69. The molecule has 2 aromatic rings. The van der Waals surface area contributed by atoms with Crippen molar-refractivity contribution in [3.8, 4) is 11.3 Å². The molecule has 0 spiro atoms. The van der Waals surface area contributed by atoms with Crippen LogP contribution in [0.25, 0.3) is 11.3 Å². The summed E-state index contributed by atoms with van der Waals surface area (Å²) in [7, 11) is 0. The van der Waals surface area contributed by atoms with Crippen molar-refractivity contribution < 1.29 is 9.59 Å². The fourth-order valence-corrected chi connectivity index (χ4v) is 2.82. The summed E-state index contributed by atoms with van der Waals surface area (Å²) >= 11 is 5.90. The van der Waals surface area contributed by atoms with Gasteiger partial charge in [-0.05, 0) is 32.0 Å². The minimum absolute atomic E-state index is 0.0550. The molecular formula is C17H19ClN4O2. The van der Waals surface area contributed by atoms with E-state index in [0.29, 0.717) is 23.8 Å². The predicted octanol–water partition coefficient (Wildman–Crippen LogP) is 2.18. The third kappa shape index (κ3) is 3.43. The number of hydrogen-bond acceptors (Lipinski definition) is 3. The zero-order chi connectivity index (χ0) is 17.3. The molecule has 0 aliphatic carbocycles. The molecule has 1 aromatic heterocycles. The Balaban J connectivity index is 1.78. The van der Waals surface area contributed by atoms with Crippen LogP contribution in [0.4, 0.5) is 0 Å².